The lowest BCUT2D eigenvalue weighted by Gasteiger charge is -2.28. The van der Waals surface area contributed by atoms with Crippen LogP contribution in [-0.4, -0.2) is 34.3 Å². The number of nitrogens with zero attached hydrogens (tertiary/aromatic N) is 3. The number of nitrogen functional groups attached to an aromatic ring is 1. The van der Waals surface area contributed by atoms with Gasteiger partial charge in [0.05, 0.1) is 0 Å². The van der Waals surface area contributed by atoms with Gasteiger partial charge in [0.15, 0.2) is 0 Å². The van der Waals surface area contributed by atoms with Crippen LogP contribution < -0.4 is 16.2 Å². The van der Waals surface area contributed by atoms with Crippen molar-refractivity contribution >= 4 is 11.6 Å². The summed E-state index contributed by atoms with van der Waals surface area (Å²) >= 11 is 0. The van der Waals surface area contributed by atoms with Crippen LogP contribution in [0.15, 0.2) is 0 Å². The lowest BCUT2D eigenvalue weighted by molar-refractivity contribution is 0.279. The van der Waals surface area contributed by atoms with Crippen LogP contribution in [0.3, 0.4) is 0 Å². The predicted octanol–water partition coefficient (Wildman–Crippen LogP) is 1.76. The van der Waals surface area contributed by atoms with E-state index in [0.717, 1.165) is 61.7 Å². The minimum atomic E-state index is 0.254. The van der Waals surface area contributed by atoms with Gasteiger partial charge in [0.2, 0.25) is 0 Å². The zero-order valence-corrected chi connectivity index (χ0v) is 13.1. The standard InChI is InChI=1S/C15H27N5O/c1-3-6-13-17-14(19-16)11(2)15(18-13)20-9-4-7-12(20)8-5-10-21/h12,21H,3-10,16H2,1-2H3,(H,17,18,19). The molecule has 2 rings (SSSR count). The van der Waals surface area contributed by atoms with Crippen LogP contribution >= 0.6 is 0 Å². The van der Waals surface area contributed by atoms with E-state index in [1.54, 1.807) is 0 Å². The number of nitrogens with two attached hydrogens (primary N) is 1. The molecule has 118 valence electrons. The van der Waals surface area contributed by atoms with Crippen molar-refractivity contribution in [3.05, 3.63) is 11.4 Å². The zero-order valence-electron chi connectivity index (χ0n) is 13.1. The Balaban J connectivity index is 2.29. The van der Waals surface area contributed by atoms with Gasteiger partial charge in [0.25, 0.3) is 0 Å². The van der Waals surface area contributed by atoms with Gasteiger partial charge in [-0.3, -0.25) is 0 Å². The second-order valence-corrected chi connectivity index (χ2v) is 5.69. The number of hydrogen-bond donors (Lipinski definition) is 3. The summed E-state index contributed by atoms with van der Waals surface area (Å²) in [7, 11) is 0. The Hall–Kier alpha value is -1.40. The number of hydrazine groups is 1. The molecular formula is C15H27N5O. The fourth-order valence-corrected chi connectivity index (χ4v) is 3.05. The molecule has 0 radical (unpaired) electrons. The fourth-order valence-electron chi connectivity index (χ4n) is 3.05. The van der Waals surface area contributed by atoms with Crippen LogP contribution in [0, 0.1) is 6.92 Å². The second kappa shape index (κ2) is 7.56. The summed E-state index contributed by atoms with van der Waals surface area (Å²) in [5.74, 6) is 8.17. The Morgan fingerprint density at radius 1 is 1.43 bits per heavy atom. The molecule has 0 bridgehead atoms. The number of rotatable bonds is 7. The Kier molecular flexibility index (Phi) is 5.76. The van der Waals surface area contributed by atoms with Gasteiger partial charge in [-0.15, -0.1) is 0 Å². The smallest absolute Gasteiger partial charge is 0.148 e. The molecule has 0 aromatic carbocycles. The molecule has 2 heterocycles. The van der Waals surface area contributed by atoms with Crippen molar-refractivity contribution in [1.29, 1.82) is 0 Å². The molecule has 6 heteroatoms. The molecule has 1 aromatic heterocycles. The van der Waals surface area contributed by atoms with Crippen LogP contribution in [0.4, 0.5) is 11.6 Å². The first-order valence-corrected chi connectivity index (χ1v) is 7.92. The minimum Gasteiger partial charge on any atom is -0.396 e. The van der Waals surface area contributed by atoms with E-state index >= 15 is 0 Å². The third kappa shape index (κ3) is 3.63. The van der Waals surface area contributed by atoms with Crippen LogP contribution in [-0.2, 0) is 6.42 Å². The SMILES string of the molecule is CCCc1nc(NN)c(C)c(N2CCCC2CCCO)n1. The summed E-state index contributed by atoms with van der Waals surface area (Å²) in [6, 6.07) is 0.464. The second-order valence-electron chi connectivity index (χ2n) is 5.69. The Morgan fingerprint density at radius 3 is 2.90 bits per heavy atom. The summed E-state index contributed by atoms with van der Waals surface area (Å²) in [6.45, 7) is 5.41. The molecule has 1 aliphatic heterocycles. The van der Waals surface area contributed by atoms with Gasteiger partial charge in [-0.1, -0.05) is 6.92 Å². The van der Waals surface area contributed by atoms with Crippen molar-refractivity contribution in [2.45, 2.75) is 58.4 Å². The van der Waals surface area contributed by atoms with E-state index in [1.807, 2.05) is 6.92 Å². The molecule has 21 heavy (non-hydrogen) atoms. The highest BCUT2D eigenvalue weighted by molar-refractivity contribution is 5.59. The molecule has 1 saturated heterocycles. The Bertz CT molecular complexity index is 466. The lowest BCUT2D eigenvalue weighted by Crippen LogP contribution is -2.31. The molecule has 6 nitrogen and oxygen atoms in total. The molecule has 0 amide bonds. The zero-order chi connectivity index (χ0) is 15.2. The molecule has 1 aromatic rings. The van der Waals surface area contributed by atoms with Gasteiger partial charge < -0.3 is 15.4 Å². The van der Waals surface area contributed by atoms with E-state index < -0.39 is 0 Å². The van der Waals surface area contributed by atoms with Crippen LogP contribution in [0.1, 0.15) is 50.4 Å². The first-order valence-electron chi connectivity index (χ1n) is 7.92. The first-order chi connectivity index (χ1) is 10.2. The van der Waals surface area contributed by atoms with Gasteiger partial charge in [0, 0.05) is 31.2 Å². The van der Waals surface area contributed by atoms with E-state index in [1.165, 1.54) is 6.42 Å². The van der Waals surface area contributed by atoms with E-state index in [0.29, 0.717) is 6.04 Å². The first kappa shape index (κ1) is 16.0. The Morgan fingerprint density at radius 2 is 2.24 bits per heavy atom. The van der Waals surface area contributed by atoms with Gasteiger partial charge >= 0.3 is 0 Å². The van der Waals surface area contributed by atoms with E-state index in [4.69, 9.17) is 15.9 Å². The summed E-state index contributed by atoms with van der Waals surface area (Å²) in [6.07, 6.45) is 6.06. The van der Waals surface area contributed by atoms with E-state index in [2.05, 4.69) is 22.2 Å². The van der Waals surface area contributed by atoms with Gasteiger partial charge in [-0.05, 0) is 39.0 Å². The summed E-state index contributed by atoms with van der Waals surface area (Å²) in [5.41, 5.74) is 3.71. The minimum absolute atomic E-state index is 0.254. The highest BCUT2D eigenvalue weighted by Gasteiger charge is 2.27. The van der Waals surface area contributed by atoms with Crippen LogP contribution in [0.2, 0.25) is 0 Å². The summed E-state index contributed by atoms with van der Waals surface area (Å²) in [5, 5.41) is 9.06. The molecule has 0 saturated carbocycles. The van der Waals surface area contributed by atoms with Gasteiger partial charge in [0.1, 0.15) is 17.5 Å². The Labute approximate surface area is 126 Å². The van der Waals surface area contributed by atoms with Crippen molar-refractivity contribution in [3.8, 4) is 0 Å². The molecule has 4 N–H and O–H groups in total. The van der Waals surface area contributed by atoms with Crippen molar-refractivity contribution in [3.63, 3.8) is 0 Å². The van der Waals surface area contributed by atoms with Crippen molar-refractivity contribution in [2.24, 2.45) is 5.84 Å². The highest BCUT2D eigenvalue weighted by atomic mass is 16.2. The average molecular weight is 293 g/mol. The number of aliphatic hydroxyl groups excluding tert-OH is 1. The molecule has 0 aliphatic carbocycles. The van der Waals surface area contributed by atoms with Gasteiger partial charge in [-0.2, -0.15) is 0 Å². The lowest BCUT2D eigenvalue weighted by atomic mass is 10.1. The van der Waals surface area contributed by atoms with Crippen LogP contribution in [0.25, 0.3) is 0 Å². The number of aryl methyl sites for hydroxylation is 1. The molecule has 1 atom stereocenters. The number of hydrogen-bond acceptors (Lipinski definition) is 6. The highest BCUT2D eigenvalue weighted by Crippen LogP contribution is 2.31. The molecule has 1 fully saturated rings. The average Bonchev–Trinajstić information content (AvgIpc) is 2.95. The third-order valence-electron chi connectivity index (χ3n) is 4.12. The maximum Gasteiger partial charge on any atom is 0.148 e. The third-order valence-corrected chi connectivity index (χ3v) is 4.12. The van der Waals surface area contributed by atoms with E-state index in [9.17, 15) is 0 Å². The number of nitrogens with one attached hydrogen (secondary N) is 1. The van der Waals surface area contributed by atoms with Crippen LogP contribution in [0.5, 0.6) is 0 Å². The summed E-state index contributed by atoms with van der Waals surface area (Å²) < 4.78 is 0. The maximum atomic E-state index is 9.06. The predicted molar refractivity (Wildman–Crippen MR) is 85.3 cm³/mol. The van der Waals surface area contributed by atoms with Crippen molar-refractivity contribution < 1.29 is 5.11 Å². The normalized spacial score (nSPS) is 18.3. The maximum absolute atomic E-state index is 9.06. The fraction of sp³-hybridized carbons (Fsp3) is 0.733. The number of aliphatic hydroxyl groups is 1. The molecule has 1 unspecified atom stereocenters. The molecule has 0 spiro atoms. The van der Waals surface area contributed by atoms with Gasteiger partial charge in [-0.25, -0.2) is 15.8 Å². The quantitative estimate of drug-likeness (QED) is 0.524. The van der Waals surface area contributed by atoms with Crippen molar-refractivity contribution in [2.75, 3.05) is 23.5 Å². The van der Waals surface area contributed by atoms with Crippen molar-refractivity contribution in [1.82, 2.24) is 9.97 Å². The molecule has 1 aliphatic rings. The number of anilines is 2. The summed E-state index contributed by atoms with van der Waals surface area (Å²) in [4.78, 5) is 11.6. The number of aromatic nitrogens is 2. The molecular weight excluding hydrogens is 266 g/mol. The monoisotopic (exact) mass is 293 g/mol. The van der Waals surface area contributed by atoms with E-state index in [-0.39, 0.29) is 6.61 Å². The topological polar surface area (TPSA) is 87.3 Å². The largest absolute Gasteiger partial charge is 0.396 e.